The van der Waals surface area contributed by atoms with Gasteiger partial charge in [0.05, 0.1) is 5.56 Å². The van der Waals surface area contributed by atoms with Crippen LogP contribution in [0.5, 0.6) is 0 Å². The largest absolute Gasteiger partial charge is 0.355 e. The van der Waals surface area contributed by atoms with E-state index in [1.165, 1.54) is 0 Å². The van der Waals surface area contributed by atoms with E-state index in [-0.39, 0.29) is 11.9 Å². The Kier molecular flexibility index (Phi) is 4.71. The molecule has 2 aromatic heterocycles. The van der Waals surface area contributed by atoms with E-state index in [2.05, 4.69) is 26.3 Å². The van der Waals surface area contributed by atoms with E-state index in [1.807, 2.05) is 19.1 Å². The number of nitrogens with one attached hydrogen (secondary N) is 1. The summed E-state index contributed by atoms with van der Waals surface area (Å²) in [5.41, 5.74) is 2.12. The minimum absolute atomic E-state index is 0.0674. The maximum absolute atomic E-state index is 12.2. The fraction of sp³-hybridized carbons (Fsp3) is 0.333. The first kappa shape index (κ1) is 15.9. The van der Waals surface area contributed by atoms with Gasteiger partial charge in [-0.3, -0.25) is 9.78 Å². The van der Waals surface area contributed by atoms with E-state index in [9.17, 15) is 10.1 Å². The molecule has 0 aliphatic carbocycles. The van der Waals surface area contributed by atoms with Crippen LogP contribution in [0.2, 0.25) is 0 Å². The van der Waals surface area contributed by atoms with Gasteiger partial charge in [-0.05, 0) is 44.0 Å². The lowest BCUT2D eigenvalue weighted by Gasteiger charge is -2.33. The van der Waals surface area contributed by atoms with Crippen LogP contribution in [-0.2, 0) is 0 Å². The average Bonchev–Trinajstić information content (AvgIpc) is 2.63. The summed E-state index contributed by atoms with van der Waals surface area (Å²) in [5.74, 6) is 0.679. The summed E-state index contributed by atoms with van der Waals surface area (Å²) < 4.78 is 0. The standard InChI is InChI=1S/C18H19N5O/c1-13-2-3-15(12-19)17(21-13)23-10-6-16(7-11-23)22-18(24)14-4-8-20-9-5-14/h2-5,8-9,16H,6-7,10-11H2,1H3,(H,22,24). The number of anilines is 1. The summed E-state index contributed by atoms with van der Waals surface area (Å²) in [6.07, 6.45) is 4.89. The molecule has 6 heteroatoms. The summed E-state index contributed by atoms with van der Waals surface area (Å²) in [4.78, 5) is 22.8. The fourth-order valence-electron chi connectivity index (χ4n) is 2.88. The lowest BCUT2D eigenvalue weighted by molar-refractivity contribution is 0.0931. The first-order valence-electron chi connectivity index (χ1n) is 8.01. The third kappa shape index (κ3) is 3.51. The molecular weight excluding hydrogens is 302 g/mol. The van der Waals surface area contributed by atoms with Crippen molar-refractivity contribution in [1.82, 2.24) is 15.3 Å². The highest BCUT2D eigenvalue weighted by Crippen LogP contribution is 2.22. The minimum atomic E-state index is -0.0674. The van der Waals surface area contributed by atoms with Crippen LogP contribution in [-0.4, -0.2) is 35.0 Å². The number of nitriles is 1. The van der Waals surface area contributed by atoms with Crippen LogP contribution in [0.15, 0.2) is 36.7 Å². The minimum Gasteiger partial charge on any atom is -0.355 e. The number of piperidine rings is 1. The molecule has 2 aromatic rings. The number of amides is 1. The molecule has 6 nitrogen and oxygen atoms in total. The second kappa shape index (κ2) is 7.09. The summed E-state index contributed by atoms with van der Waals surface area (Å²) >= 11 is 0. The molecule has 3 heterocycles. The van der Waals surface area contributed by atoms with Gasteiger partial charge in [-0.25, -0.2) is 4.98 Å². The molecule has 0 radical (unpaired) electrons. The van der Waals surface area contributed by atoms with E-state index in [0.717, 1.165) is 37.4 Å². The molecule has 24 heavy (non-hydrogen) atoms. The van der Waals surface area contributed by atoms with E-state index >= 15 is 0 Å². The van der Waals surface area contributed by atoms with Crippen molar-refractivity contribution in [3.8, 4) is 6.07 Å². The smallest absolute Gasteiger partial charge is 0.251 e. The van der Waals surface area contributed by atoms with Gasteiger partial charge in [0.25, 0.3) is 5.91 Å². The number of rotatable bonds is 3. The van der Waals surface area contributed by atoms with Crippen LogP contribution in [0, 0.1) is 18.3 Å². The number of carbonyl (C=O) groups is 1. The molecule has 3 rings (SSSR count). The first-order valence-corrected chi connectivity index (χ1v) is 8.01. The molecule has 0 atom stereocenters. The van der Waals surface area contributed by atoms with Gasteiger partial charge in [-0.1, -0.05) is 0 Å². The fourth-order valence-corrected chi connectivity index (χ4v) is 2.88. The predicted octanol–water partition coefficient (Wildman–Crippen LogP) is 2.06. The number of hydrogen-bond donors (Lipinski definition) is 1. The van der Waals surface area contributed by atoms with Crippen molar-refractivity contribution in [3.63, 3.8) is 0 Å². The number of pyridine rings is 2. The summed E-state index contributed by atoms with van der Waals surface area (Å²) in [6, 6.07) is 9.42. The molecular formula is C18H19N5O. The van der Waals surface area contributed by atoms with Gasteiger partial charge in [0.2, 0.25) is 0 Å². The number of aryl methyl sites for hydroxylation is 1. The van der Waals surface area contributed by atoms with Crippen molar-refractivity contribution in [2.24, 2.45) is 0 Å². The Labute approximate surface area is 141 Å². The topological polar surface area (TPSA) is 81.9 Å². The van der Waals surface area contributed by atoms with Gasteiger partial charge >= 0.3 is 0 Å². The molecule has 0 bridgehead atoms. The van der Waals surface area contributed by atoms with Crippen LogP contribution < -0.4 is 10.2 Å². The van der Waals surface area contributed by atoms with Gasteiger partial charge in [0, 0.05) is 42.8 Å². The highest BCUT2D eigenvalue weighted by Gasteiger charge is 2.23. The van der Waals surface area contributed by atoms with Crippen LogP contribution in [0.4, 0.5) is 5.82 Å². The second-order valence-corrected chi connectivity index (χ2v) is 5.91. The Morgan fingerprint density at radius 2 is 1.96 bits per heavy atom. The normalized spacial score (nSPS) is 14.9. The van der Waals surface area contributed by atoms with Gasteiger partial charge in [0.1, 0.15) is 11.9 Å². The van der Waals surface area contributed by atoms with Crippen molar-refractivity contribution in [2.75, 3.05) is 18.0 Å². The highest BCUT2D eigenvalue weighted by molar-refractivity contribution is 5.94. The zero-order chi connectivity index (χ0) is 16.9. The average molecular weight is 321 g/mol. The third-order valence-electron chi connectivity index (χ3n) is 4.21. The second-order valence-electron chi connectivity index (χ2n) is 5.91. The molecule has 1 aliphatic heterocycles. The van der Waals surface area contributed by atoms with Gasteiger partial charge in [-0.2, -0.15) is 5.26 Å². The molecule has 0 saturated carbocycles. The Bertz CT molecular complexity index is 761. The predicted molar refractivity (Wildman–Crippen MR) is 90.6 cm³/mol. The van der Waals surface area contributed by atoms with Gasteiger partial charge in [0.15, 0.2) is 0 Å². The zero-order valence-electron chi connectivity index (χ0n) is 13.6. The Morgan fingerprint density at radius 1 is 1.25 bits per heavy atom. The quantitative estimate of drug-likeness (QED) is 0.935. The summed E-state index contributed by atoms with van der Waals surface area (Å²) in [6.45, 7) is 3.46. The van der Waals surface area contributed by atoms with E-state index in [0.29, 0.717) is 11.1 Å². The van der Waals surface area contributed by atoms with Crippen molar-refractivity contribution < 1.29 is 4.79 Å². The van der Waals surface area contributed by atoms with Crippen molar-refractivity contribution in [1.29, 1.82) is 5.26 Å². The summed E-state index contributed by atoms with van der Waals surface area (Å²) in [5, 5.41) is 12.3. The maximum atomic E-state index is 12.2. The molecule has 1 N–H and O–H groups in total. The molecule has 122 valence electrons. The molecule has 1 aliphatic rings. The van der Waals surface area contributed by atoms with Crippen molar-refractivity contribution >= 4 is 11.7 Å². The molecule has 1 amide bonds. The van der Waals surface area contributed by atoms with Gasteiger partial charge in [-0.15, -0.1) is 0 Å². The van der Waals surface area contributed by atoms with Crippen LogP contribution in [0.1, 0.15) is 34.5 Å². The SMILES string of the molecule is Cc1ccc(C#N)c(N2CCC(NC(=O)c3ccncc3)CC2)n1. The Balaban J connectivity index is 1.61. The van der Waals surface area contributed by atoms with Crippen LogP contribution >= 0.6 is 0 Å². The molecule has 0 unspecified atom stereocenters. The number of carbonyl (C=O) groups excluding carboxylic acids is 1. The molecule has 1 fully saturated rings. The lowest BCUT2D eigenvalue weighted by atomic mass is 10.0. The van der Waals surface area contributed by atoms with E-state index in [4.69, 9.17) is 0 Å². The Hall–Kier alpha value is -2.94. The first-order chi connectivity index (χ1) is 11.7. The summed E-state index contributed by atoms with van der Waals surface area (Å²) in [7, 11) is 0. The van der Waals surface area contributed by atoms with Crippen molar-refractivity contribution in [3.05, 3.63) is 53.5 Å². The molecule has 1 saturated heterocycles. The molecule has 0 aromatic carbocycles. The van der Waals surface area contributed by atoms with Crippen molar-refractivity contribution in [2.45, 2.75) is 25.8 Å². The molecule has 0 spiro atoms. The van der Waals surface area contributed by atoms with E-state index < -0.39 is 0 Å². The zero-order valence-corrected chi connectivity index (χ0v) is 13.6. The lowest BCUT2D eigenvalue weighted by Crippen LogP contribution is -2.45. The monoisotopic (exact) mass is 321 g/mol. The number of nitrogens with zero attached hydrogens (tertiary/aromatic N) is 4. The number of hydrogen-bond acceptors (Lipinski definition) is 5. The van der Waals surface area contributed by atoms with Crippen LogP contribution in [0.3, 0.4) is 0 Å². The third-order valence-corrected chi connectivity index (χ3v) is 4.21. The van der Waals surface area contributed by atoms with E-state index in [1.54, 1.807) is 24.5 Å². The highest BCUT2D eigenvalue weighted by atomic mass is 16.1. The maximum Gasteiger partial charge on any atom is 0.251 e. The number of aromatic nitrogens is 2. The Morgan fingerprint density at radius 3 is 2.62 bits per heavy atom. The van der Waals surface area contributed by atoms with Gasteiger partial charge < -0.3 is 10.2 Å². The van der Waals surface area contributed by atoms with Crippen LogP contribution in [0.25, 0.3) is 0 Å².